The molecule has 1 saturated heterocycles. The summed E-state index contributed by atoms with van der Waals surface area (Å²) in [7, 11) is 1.40. The number of alkyl halides is 3. The van der Waals surface area contributed by atoms with Crippen molar-refractivity contribution in [1.82, 2.24) is 10.6 Å². The summed E-state index contributed by atoms with van der Waals surface area (Å²) in [5.74, 6) is -2.16. The zero-order valence-corrected chi connectivity index (χ0v) is 16.0. The van der Waals surface area contributed by atoms with Gasteiger partial charge in [0.2, 0.25) is 12.5 Å². The molecule has 0 radical (unpaired) electrons. The van der Waals surface area contributed by atoms with E-state index in [0.717, 1.165) is 0 Å². The highest BCUT2D eigenvalue weighted by Crippen LogP contribution is 2.45. The highest BCUT2D eigenvalue weighted by atomic mass is 19.4. The summed E-state index contributed by atoms with van der Waals surface area (Å²) < 4.78 is 57.3. The molecule has 2 heterocycles. The molecule has 2 aliphatic heterocycles. The number of ketones is 1. The second kappa shape index (κ2) is 7.34. The van der Waals surface area contributed by atoms with Gasteiger partial charge in [0, 0.05) is 5.56 Å². The second-order valence-electron chi connectivity index (χ2n) is 7.02. The predicted molar refractivity (Wildman–Crippen MR) is 98.8 cm³/mol. The zero-order valence-electron chi connectivity index (χ0n) is 16.0. The number of methoxy groups -OCH3 is 1. The number of fused-ring (bicyclic) bond motifs is 1. The first-order valence-electron chi connectivity index (χ1n) is 9.09. The lowest BCUT2D eigenvalue weighted by atomic mass is 9.77. The van der Waals surface area contributed by atoms with Gasteiger partial charge in [-0.1, -0.05) is 6.07 Å². The first kappa shape index (κ1) is 20.8. The van der Waals surface area contributed by atoms with Crippen LogP contribution < -0.4 is 24.8 Å². The number of amides is 2. The molecule has 0 bridgehead atoms. The van der Waals surface area contributed by atoms with E-state index in [1.165, 1.54) is 54.9 Å². The number of urea groups is 1. The Labute approximate surface area is 173 Å². The van der Waals surface area contributed by atoms with Crippen molar-refractivity contribution in [2.24, 2.45) is 5.92 Å². The number of Topliss-reactive ketones (excluding diaryl/α,β-unsaturated/α-hetero) is 1. The van der Waals surface area contributed by atoms with Crippen molar-refractivity contribution in [1.29, 1.82) is 0 Å². The monoisotopic (exact) mass is 438 g/mol. The van der Waals surface area contributed by atoms with E-state index in [0.29, 0.717) is 11.5 Å². The lowest BCUT2D eigenvalue weighted by Gasteiger charge is -2.45. The van der Waals surface area contributed by atoms with Gasteiger partial charge in [0.15, 0.2) is 17.3 Å². The van der Waals surface area contributed by atoms with E-state index < -0.39 is 35.7 Å². The van der Waals surface area contributed by atoms with E-state index in [9.17, 15) is 27.9 Å². The molecular weight excluding hydrogens is 421 g/mol. The van der Waals surface area contributed by atoms with Gasteiger partial charge in [0.25, 0.3) is 0 Å². The number of carbonyl (C=O) groups is 2. The molecule has 0 aliphatic carbocycles. The van der Waals surface area contributed by atoms with E-state index in [-0.39, 0.29) is 23.7 Å². The Kier molecular flexibility index (Phi) is 4.92. The van der Waals surface area contributed by atoms with Gasteiger partial charge in [-0.15, -0.1) is 0 Å². The fourth-order valence-corrected chi connectivity index (χ4v) is 3.66. The van der Waals surface area contributed by atoms with Crippen LogP contribution in [0.4, 0.5) is 18.0 Å². The van der Waals surface area contributed by atoms with Gasteiger partial charge in [-0.3, -0.25) is 4.79 Å². The van der Waals surface area contributed by atoms with E-state index >= 15 is 0 Å². The topological polar surface area (TPSA) is 106 Å². The molecule has 2 aromatic rings. The summed E-state index contributed by atoms with van der Waals surface area (Å²) in [5.41, 5.74) is -3.78. The highest BCUT2D eigenvalue weighted by molar-refractivity contribution is 6.00. The molecule has 2 amide bonds. The molecule has 8 nitrogen and oxygen atoms in total. The molecule has 31 heavy (non-hydrogen) atoms. The highest BCUT2D eigenvalue weighted by Gasteiger charge is 2.66. The van der Waals surface area contributed by atoms with Crippen LogP contribution in [0.15, 0.2) is 42.5 Å². The van der Waals surface area contributed by atoms with Gasteiger partial charge >= 0.3 is 12.2 Å². The summed E-state index contributed by atoms with van der Waals surface area (Å²) in [6.45, 7) is -0.0714. The fraction of sp³-hybridized carbons (Fsp3) is 0.300. The first-order chi connectivity index (χ1) is 14.6. The van der Waals surface area contributed by atoms with Gasteiger partial charge < -0.3 is 30.0 Å². The number of rotatable bonds is 4. The Hall–Kier alpha value is -3.47. The van der Waals surface area contributed by atoms with Crippen molar-refractivity contribution in [2.75, 3.05) is 13.9 Å². The van der Waals surface area contributed by atoms with Crippen molar-refractivity contribution in [3.05, 3.63) is 53.6 Å². The lowest BCUT2D eigenvalue weighted by molar-refractivity contribution is -0.287. The number of halogens is 3. The Morgan fingerprint density at radius 3 is 2.48 bits per heavy atom. The van der Waals surface area contributed by atoms with Gasteiger partial charge in [-0.05, 0) is 42.0 Å². The minimum absolute atomic E-state index is 0.0714. The summed E-state index contributed by atoms with van der Waals surface area (Å²) in [5, 5.41) is 14.4. The average Bonchev–Trinajstić information content (AvgIpc) is 3.20. The summed E-state index contributed by atoms with van der Waals surface area (Å²) >= 11 is 0. The van der Waals surface area contributed by atoms with Crippen LogP contribution in [0.25, 0.3) is 0 Å². The molecule has 11 heteroatoms. The van der Waals surface area contributed by atoms with Crippen LogP contribution in [0.5, 0.6) is 17.2 Å². The number of carbonyl (C=O) groups excluding carboxylic acids is 2. The molecule has 164 valence electrons. The van der Waals surface area contributed by atoms with Crippen LogP contribution in [0.2, 0.25) is 0 Å². The molecule has 0 aromatic heterocycles. The largest absolute Gasteiger partial charge is 0.497 e. The third kappa shape index (κ3) is 3.50. The standard InChI is InChI=1S/C20H17F3N2O6/c1-29-12-5-2-10(3-6-12)17(26)15-16(11-4-7-13-14(8-11)31-9-30-13)24-18(27)25-19(15,28)20(21,22)23/h2-8,15-16,28H,9H2,1H3,(H2,24,25,27)/t15-,16-,19-/m1/s1. The van der Waals surface area contributed by atoms with E-state index in [1.54, 1.807) is 0 Å². The van der Waals surface area contributed by atoms with Gasteiger partial charge in [0.05, 0.1) is 13.2 Å². The van der Waals surface area contributed by atoms with Gasteiger partial charge in [-0.2, -0.15) is 13.2 Å². The van der Waals surface area contributed by atoms with Gasteiger partial charge in [-0.25, -0.2) is 4.79 Å². The van der Waals surface area contributed by atoms with Crippen LogP contribution in [0.3, 0.4) is 0 Å². The molecule has 2 aliphatic rings. The van der Waals surface area contributed by atoms with Crippen LogP contribution in [0, 0.1) is 5.92 Å². The number of hydrogen-bond donors (Lipinski definition) is 3. The summed E-state index contributed by atoms with van der Waals surface area (Å²) in [4.78, 5) is 25.3. The molecule has 0 spiro atoms. The maximum Gasteiger partial charge on any atom is 0.437 e. The van der Waals surface area contributed by atoms with Gasteiger partial charge in [0.1, 0.15) is 11.7 Å². The smallest absolute Gasteiger partial charge is 0.437 e. The van der Waals surface area contributed by atoms with Crippen LogP contribution in [-0.2, 0) is 0 Å². The van der Waals surface area contributed by atoms with Crippen molar-refractivity contribution >= 4 is 11.8 Å². The number of hydrogen-bond acceptors (Lipinski definition) is 6. The number of aliphatic hydroxyl groups is 1. The second-order valence-corrected chi connectivity index (χ2v) is 7.02. The molecule has 3 atom stereocenters. The maximum absolute atomic E-state index is 13.9. The SMILES string of the molecule is COc1ccc(C(=O)[C@H]2[C@@H](c3ccc4c(c3)OCO4)NC(=O)N[C@]2(O)C(F)(F)F)cc1. The number of benzene rings is 2. The fourth-order valence-electron chi connectivity index (χ4n) is 3.66. The van der Waals surface area contributed by atoms with E-state index in [2.05, 4.69) is 5.32 Å². The number of nitrogens with one attached hydrogen (secondary N) is 2. The Balaban J connectivity index is 1.82. The molecule has 3 N–H and O–H groups in total. The normalized spacial score (nSPS) is 24.9. The molecular formula is C20H17F3N2O6. The Morgan fingerprint density at radius 1 is 1.16 bits per heavy atom. The molecule has 0 unspecified atom stereocenters. The average molecular weight is 438 g/mol. The maximum atomic E-state index is 13.9. The molecule has 0 saturated carbocycles. The summed E-state index contributed by atoms with van der Waals surface area (Å²) in [6.07, 6.45) is -5.34. The van der Waals surface area contributed by atoms with Crippen molar-refractivity contribution in [2.45, 2.75) is 17.9 Å². The predicted octanol–water partition coefficient (Wildman–Crippen LogP) is 2.53. The lowest BCUT2D eigenvalue weighted by Crippen LogP contribution is -2.72. The zero-order chi connectivity index (χ0) is 22.4. The summed E-state index contributed by atoms with van der Waals surface area (Å²) in [6, 6.07) is 6.81. The minimum Gasteiger partial charge on any atom is -0.497 e. The molecule has 2 aromatic carbocycles. The van der Waals surface area contributed by atoms with Crippen molar-refractivity contribution in [3.8, 4) is 17.2 Å². The third-order valence-corrected chi connectivity index (χ3v) is 5.22. The first-order valence-corrected chi connectivity index (χ1v) is 9.09. The quantitative estimate of drug-likeness (QED) is 0.634. The van der Waals surface area contributed by atoms with Crippen molar-refractivity contribution < 1.29 is 42.1 Å². The minimum atomic E-state index is -5.34. The Morgan fingerprint density at radius 2 is 1.84 bits per heavy atom. The van der Waals surface area contributed by atoms with E-state index in [4.69, 9.17) is 14.2 Å². The Bertz CT molecular complexity index is 1030. The van der Waals surface area contributed by atoms with E-state index in [1.807, 2.05) is 0 Å². The molecule has 4 rings (SSSR count). The van der Waals surface area contributed by atoms with Crippen molar-refractivity contribution in [3.63, 3.8) is 0 Å². The number of ether oxygens (including phenoxy) is 3. The third-order valence-electron chi connectivity index (χ3n) is 5.22. The molecule has 1 fully saturated rings. The van der Waals surface area contributed by atoms with Crippen LogP contribution in [-0.4, -0.2) is 42.7 Å². The van der Waals surface area contributed by atoms with Crippen LogP contribution in [0.1, 0.15) is 22.0 Å². The van der Waals surface area contributed by atoms with Crippen LogP contribution >= 0.6 is 0 Å².